The molecule has 0 bridgehead atoms. The van der Waals surface area contributed by atoms with Crippen LogP contribution in [0, 0.1) is 12.3 Å². The number of anilines is 1. The van der Waals surface area contributed by atoms with Crippen molar-refractivity contribution in [2.45, 2.75) is 13.0 Å². The van der Waals surface area contributed by atoms with Crippen molar-refractivity contribution in [1.29, 1.82) is 0 Å². The van der Waals surface area contributed by atoms with E-state index in [0.29, 0.717) is 5.69 Å². The van der Waals surface area contributed by atoms with Crippen LogP contribution in [-0.2, 0) is 4.79 Å². The van der Waals surface area contributed by atoms with E-state index in [2.05, 4.69) is 5.32 Å². The molecule has 1 amide bonds. The van der Waals surface area contributed by atoms with E-state index in [9.17, 15) is 4.79 Å². The largest absolute Gasteiger partial charge is 0.399 e. The highest BCUT2D eigenvalue weighted by Gasteiger charge is 2.06. The molecule has 3 N–H and O–H groups in total. The average molecular weight is 188 g/mol. The van der Waals surface area contributed by atoms with Crippen LogP contribution in [-0.4, -0.2) is 5.91 Å². The number of hydrogen-bond donors (Lipinski definition) is 2. The molecule has 0 saturated heterocycles. The summed E-state index contributed by atoms with van der Waals surface area (Å²) in [5.74, 6) is 1.59. The Morgan fingerprint density at radius 3 is 2.57 bits per heavy atom. The number of amides is 1. The molecular formula is C11H12N2O. The topological polar surface area (TPSA) is 55.1 Å². The number of carbonyl (C=O) groups excluding carboxylic acids is 1. The fourth-order valence-electron chi connectivity index (χ4n) is 1.11. The lowest BCUT2D eigenvalue weighted by molar-refractivity contribution is -0.116. The Morgan fingerprint density at radius 2 is 2.07 bits per heavy atom. The van der Waals surface area contributed by atoms with Gasteiger partial charge in [-0.25, -0.2) is 0 Å². The molecule has 14 heavy (non-hydrogen) atoms. The van der Waals surface area contributed by atoms with Gasteiger partial charge in [-0.05, 0) is 30.5 Å². The van der Waals surface area contributed by atoms with Gasteiger partial charge in [0.25, 0.3) is 5.91 Å². The summed E-state index contributed by atoms with van der Waals surface area (Å²) in [4.78, 5) is 10.9. The zero-order valence-corrected chi connectivity index (χ0v) is 7.95. The second-order valence-corrected chi connectivity index (χ2v) is 3.01. The van der Waals surface area contributed by atoms with Crippen LogP contribution in [0.1, 0.15) is 18.5 Å². The Morgan fingerprint density at radius 1 is 1.50 bits per heavy atom. The first-order valence-electron chi connectivity index (χ1n) is 4.26. The minimum Gasteiger partial charge on any atom is -0.399 e. The Hall–Kier alpha value is -1.95. The van der Waals surface area contributed by atoms with Crippen molar-refractivity contribution in [1.82, 2.24) is 5.32 Å². The Bertz CT molecular complexity index is 362. The van der Waals surface area contributed by atoms with Gasteiger partial charge in [0.05, 0.1) is 6.04 Å². The quantitative estimate of drug-likeness (QED) is 0.539. The highest BCUT2D eigenvalue weighted by atomic mass is 16.1. The van der Waals surface area contributed by atoms with E-state index >= 15 is 0 Å². The first-order valence-corrected chi connectivity index (χ1v) is 4.26. The van der Waals surface area contributed by atoms with Crippen LogP contribution in [0.2, 0.25) is 0 Å². The summed E-state index contributed by atoms with van der Waals surface area (Å²) in [5, 5.41) is 2.65. The lowest BCUT2D eigenvalue weighted by Crippen LogP contribution is -2.24. The number of nitrogen functional groups attached to an aromatic ring is 1. The maximum Gasteiger partial charge on any atom is 0.296 e. The van der Waals surface area contributed by atoms with Gasteiger partial charge in [0, 0.05) is 5.69 Å². The van der Waals surface area contributed by atoms with E-state index in [1.54, 1.807) is 12.1 Å². The molecule has 0 fully saturated rings. The van der Waals surface area contributed by atoms with Crippen LogP contribution >= 0.6 is 0 Å². The number of hydrogen-bond acceptors (Lipinski definition) is 2. The smallest absolute Gasteiger partial charge is 0.296 e. The molecule has 0 aliphatic heterocycles. The number of nitrogens with two attached hydrogens (primary N) is 1. The van der Waals surface area contributed by atoms with Crippen LogP contribution in [0.5, 0.6) is 0 Å². The molecule has 0 spiro atoms. The first kappa shape index (κ1) is 10.1. The highest BCUT2D eigenvalue weighted by Crippen LogP contribution is 2.13. The molecule has 0 heterocycles. The van der Waals surface area contributed by atoms with Crippen LogP contribution in [0.25, 0.3) is 0 Å². The number of terminal acetylenes is 1. The van der Waals surface area contributed by atoms with Gasteiger partial charge in [0.1, 0.15) is 0 Å². The van der Waals surface area contributed by atoms with Crippen LogP contribution in [0.15, 0.2) is 24.3 Å². The molecule has 1 aromatic rings. The summed E-state index contributed by atoms with van der Waals surface area (Å²) in [6.45, 7) is 1.86. The molecule has 1 unspecified atom stereocenters. The molecule has 0 aliphatic carbocycles. The normalized spacial score (nSPS) is 11.4. The molecular weight excluding hydrogens is 176 g/mol. The monoisotopic (exact) mass is 188 g/mol. The molecule has 1 rings (SSSR count). The van der Waals surface area contributed by atoms with E-state index in [1.807, 2.05) is 25.0 Å². The SMILES string of the molecule is C#CC(=O)NC(C)c1ccc(N)cc1. The summed E-state index contributed by atoms with van der Waals surface area (Å²) in [7, 11) is 0. The third kappa shape index (κ3) is 2.53. The van der Waals surface area contributed by atoms with Gasteiger partial charge in [-0.1, -0.05) is 12.1 Å². The Kier molecular flexibility index (Phi) is 3.14. The Labute approximate surface area is 83.3 Å². The molecule has 0 aromatic heterocycles. The maximum absolute atomic E-state index is 10.9. The fourth-order valence-corrected chi connectivity index (χ4v) is 1.11. The van der Waals surface area contributed by atoms with E-state index in [4.69, 9.17) is 12.2 Å². The van der Waals surface area contributed by atoms with Crippen LogP contribution in [0.3, 0.4) is 0 Å². The molecule has 1 atom stereocenters. The van der Waals surface area contributed by atoms with Gasteiger partial charge in [-0.15, -0.1) is 6.42 Å². The zero-order chi connectivity index (χ0) is 10.6. The third-order valence-corrected chi connectivity index (χ3v) is 1.92. The molecule has 72 valence electrons. The summed E-state index contributed by atoms with van der Waals surface area (Å²) in [5.41, 5.74) is 7.21. The maximum atomic E-state index is 10.9. The predicted octanol–water partition coefficient (Wildman–Crippen LogP) is 1.08. The molecule has 0 radical (unpaired) electrons. The number of carbonyl (C=O) groups is 1. The van der Waals surface area contributed by atoms with Gasteiger partial charge >= 0.3 is 0 Å². The van der Waals surface area contributed by atoms with Crippen molar-refractivity contribution in [3.05, 3.63) is 29.8 Å². The standard InChI is InChI=1S/C11H12N2O/c1-3-11(14)13-8(2)9-4-6-10(12)7-5-9/h1,4-8H,12H2,2H3,(H,13,14). The highest BCUT2D eigenvalue weighted by molar-refractivity contribution is 5.93. The van der Waals surface area contributed by atoms with Crippen molar-refractivity contribution < 1.29 is 4.79 Å². The molecule has 3 heteroatoms. The van der Waals surface area contributed by atoms with Crippen molar-refractivity contribution in [3.63, 3.8) is 0 Å². The van der Waals surface area contributed by atoms with Gasteiger partial charge in [-0.3, -0.25) is 4.79 Å². The third-order valence-electron chi connectivity index (χ3n) is 1.92. The van der Waals surface area contributed by atoms with Crippen molar-refractivity contribution in [2.24, 2.45) is 0 Å². The number of benzene rings is 1. The molecule has 1 aromatic carbocycles. The fraction of sp³-hybridized carbons (Fsp3) is 0.182. The second-order valence-electron chi connectivity index (χ2n) is 3.01. The number of nitrogens with one attached hydrogen (secondary N) is 1. The summed E-state index contributed by atoms with van der Waals surface area (Å²) < 4.78 is 0. The summed E-state index contributed by atoms with van der Waals surface area (Å²) >= 11 is 0. The minimum atomic E-state index is -0.408. The zero-order valence-electron chi connectivity index (χ0n) is 7.95. The lowest BCUT2D eigenvalue weighted by Gasteiger charge is -2.11. The Balaban J connectivity index is 2.71. The summed E-state index contributed by atoms with van der Waals surface area (Å²) in [6.07, 6.45) is 4.94. The van der Waals surface area contributed by atoms with Gasteiger partial charge in [0.15, 0.2) is 0 Å². The second kappa shape index (κ2) is 4.33. The minimum absolute atomic E-state index is 0.0980. The van der Waals surface area contributed by atoms with E-state index in [-0.39, 0.29) is 6.04 Å². The van der Waals surface area contributed by atoms with Crippen LogP contribution in [0.4, 0.5) is 5.69 Å². The van der Waals surface area contributed by atoms with Crippen molar-refractivity contribution >= 4 is 11.6 Å². The number of rotatable bonds is 2. The van der Waals surface area contributed by atoms with E-state index in [1.165, 1.54) is 0 Å². The van der Waals surface area contributed by atoms with Gasteiger partial charge < -0.3 is 11.1 Å². The van der Waals surface area contributed by atoms with Crippen molar-refractivity contribution in [3.8, 4) is 12.3 Å². The van der Waals surface area contributed by atoms with Crippen LogP contribution < -0.4 is 11.1 Å². The van der Waals surface area contributed by atoms with Gasteiger partial charge in [-0.2, -0.15) is 0 Å². The van der Waals surface area contributed by atoms with E-state index < -0.39 is 5.91 Å². The van der Waals surface area contributed by atoms with Crippen molar-refractivity contribution in [2.75, 3.05) is 5.73 Å². The summed E-state index contributed by atoms with van der Waals surface area (Å²) in [6, 6.07) is 7.19. The first-order chi connectivity index (χ1) is 6.63. The predicted molar refractivity (Wildman–Crippen MR) is 56.2 cm³/mol. The lowest BCUT2D eigenvalue weighted by atomic mass is 10.1. The van der Waals surface area contributed by atoms with E-state index in [0.717, 1.165) is 5.56 Å². The molecule has 0 saturated carbocycles. The molecule has 0 aliphatic rings. The van der Waals surface area contributed by atoms with Gasteiger partial charge in [0.2, 0.25) is 0 Å². The average Bonchev–Trinajstić information content (AvgIpc) is 2.18. The molecule has 3 nitrogen and oxygen atoms in total.